The van der Waals surface area contributed by atoms with Gasteiger partial charge in [-0.25, -0.2) is 4.98 Å². The predicted molar refractivity (Wildman–Crippen MR) is 61.1 cm³/mol. The third kappa shape index (κ3) is 3.07. The molecule has 0 aliphatic heterocycles. The summed E-state index contributed by atoms with van der Waals surface area (Å²) in [5.41, 5.74) is 2.38. The Labute approximate surface area is 93.3 Å². The lowest BCUT2D eigenvalue weighted by Crippen LogP contribution is -2.16. The number of hydrogen-bond acceptors (Lipinski definition) is 2. The van der Waals surface area contributed by atoms with Gasteiger partial charge in [0.1, 0.15) is 4.60 Å². The van der Waals surface area contributed by atoms with Crippen LogP contribution in [0.4, 0.5) is 0 Å². The molecular weight excluding hydrogens is 240 g/mol. The number of pyridine rings is 1. The second-order valence-corrected chi connectivity index (χ2v) is 4.83. The Morgan fingerprint density at radius 3 is 2.93 bits per heavy atom. The lowest BCUT2D eigenvalue weighted by atomic mass is 10.2. The Balaban J connectivity index is 1.87. The van der Waals surface area contributed by atoms with Crippen molar-refractivity contribution >= 4 is 15.9 Å². The van der Waals surface area contributed by atoms with Gasteiger partial charge in [0, 0.05) is 12.2 Å². The Morgan fingerprint density at radius 2 is 2.29 bits per heavy atom. The van der Waals surface area contributed by atoms with Crippen molar-refractivity contribution < 1.29 is 0 Å². The van der Waals surface area contributed by atoms with Crippen molar-refractivity contribution in [2.45, 2.75) is 26.3 Å². The van der Waals surface area contributed by atoms with Gasteiger partial charge in [-0.3, -0.25) is 0 Å². The maximum absolute atomic E-state index is 4.28. The van der Waals surface area contributed by atoms with Gasteiger partial charge in [-0.1, -0.05) is 0 Å². The molecule has 1 saturated carbocycles. The van der Waals surface area contributed by atoms with E-state index in [2.05, 4.69) is 38.4 Å². The van der Waals surface area contributed by atoms with E-state index in [4.69, 9.17) is 0 Å². The fourth-order valence-corrected chi connectivity index (χ4v) is 2.11. The van der Waals surface area contributed by atoms with Crippen LogP contribution in [0.3, 0.4) is 0 Å². The van der Waals surface area contributed by atoms with Crippen LogP contribution in [-0.2, 0) is 6.54 Å². The summed E-state index contributed by atoms with van der Waals surface area (Å²) in [6.07, 6.45) is 2.82. The lowest BCUT2D eigenvalue weighted by molar-refractivity contribution is 0.638. The summed E-state index contributed by atoms with van der Waals surface area (Å²) < 4.78 is 0.931. The molecule has 0 radical (unpaired) electrons. The molecule has 3 heteroatoms. The maximum Gasteiger partial charge on any atom is 0.106 e. The lowest BCUT2D eigenvalue weighted by Gasteiger charge is -2.05. The first-order valence-electron chi connectivity index (χ1n) is 5.08. The Kier molecular flexibility index (Phi) is 3.19. The van der Waals surface area contributed by atoms with E-state index in [0.717, 1.165) is 22.8 Å². The number of nitrogens with one attached hydrogen (secondary N) is 1. The van der Waals surface area contributed by atoms with Crippen molar-refractivity contribution in [3.05, 3.63) is 28.0 Å². The van der Waals surface area contributed by atoms with E-state index >= 15 is 0 Å². The molecule has 0 bridgehead atoms. The Bertz CT molecular complexity index is 301. The van der Waals surface area contributed by atoms with Gasteiger partial charge in [-0.05, 0) is 65.9 Å². The molecule has 0 atom stereocenters. The Hall–Kier alpha value is -0.410. The zero-order valence-corrected chi connectivity index (χ0v) is 9.97. The number of aromatic nitrogens is 1. The fourth-order valence-electron chi connectivity index (χ4n) is 1.54. The molecule has 0 spiro atoms. The first kappa shape index (κ1) is 10.1. The monoisotopic (exact) mass is 254 g/mol. The van der Waals surface area contributed by atoms with E-state index in [1.807, 2.05) is 6.92 Å². The number of halogens is 1. The second kappa shape index (κ2) is 4.41. The number of nitrogens with zero attached hydrogens (tertiary/aromatic N) is 1. The summed E-state index contributed by atoms with van der Waals surface area (Å²) in [7, 11) is 0. The minimum Gasteiger partial charge on any atom is -0.312 e. The van der Waals surface area contributed by atoms with Gasteiger partial charge in [0.25, 0.3) is 0 Å². The third-order valence-corrected chi connectivity index (χ3v) is 2.85. The molecule has 1 aromatic heterocycles. The molecular formula is C11H15BrN2. The molecule has 0 amide bonds. The molecule has 2 nitrogen and oxygen atoms in total. The van der Waals surface area contributed by atoms with Gasteiger partial charge in [-0.15, -0.1) is 0 Å². The zero-order valence-electron chi connectivity index (χ0n) is 8.39. The van der Waals surface area contributed by atoms with E-state index in [1.54, 1.807) is 0 Å². The predicted octanol–water partition coefficient (Wildman–Crippen LogP) is 2.65. The third-order valence-electron chi connectivity index (χ3n) is 2.44. The van der Waals surface area contributed by atoms with Crippen molar-refractivity contribution in [3.63, 3.8) is 0 Å². The first-order valence-corrected chi connectivity index (χ1v) is 5.87. The molecule has 1 fully saturated rings. The maximum atomic E-state index is 4.28. The normalized spacial score (nSPS) is 15.9. The smallest absolute Gasteiger partial charge is 0.106 e. The van der Waals surface area contributed by atoms with Gasteiger partial charge >= 0.3 is 0 Å². The van der Waals surface area contributed by atoms with E-state index < -0.39 is 0 Å². The number of rotatable bonds is 4. The summed E-state index contributed by atoms with van der Waals surface area (Å²) in [5, 5.41) is 3.47. The molecule has 1 N–H and O–H groups in total. The van der Waals surface area contributed by atoms with E-state index in [0.29, 0.717) is 0 Å². The molecule has 1 heterocycles. The first-order chi connectivity index (χ1) is 6.74. The molecule has 0 saturated heterocycles. The summed E-state index contributed by atoms with van der Waals surface area (Å²) in [5.74, 6) is 0.946. The van der Waals surface area contributed by atoms with Crippen molar-refractivity contribution in [1.29, 1.82) is 0 Å². The number of aryl methyl sites for hydroxylation is 1. The molecule has 0 aromatic carbocycles. The van der Waals surface area contributed by atoms with Crippen LogP contribution >= 0.6 is 15.9 Å². The minimum atomic E-state index is 0.931. The summed E-state index contributed by atoms with van der Waals surface area (Å²) in [6, 6.07) is 4.21. The van der Waals surface area contributed by atoms with E-state index in [-0.39, 0.29) is 0 Å². The summed E-state index contributed by atoms with van der Waals surface area (Å²) in [6.45, 7) is 4.15. The van der Waals surface area contributed by atoms with Crippen molar-refractivity contribution in [2.24, 2.45) is 5.92 Å². The fraction of sp³-hybridized carbons (Fsp3) is 0.545. The minimum absolute atomic E-state index is 0.931. The highest BCUT2D eigenvalue weighted by atomic mass is 79.9. The van der Waals surface area contributed by atoms with E-state index in [1.165, 1.54) is 24.9 Å². The molecule has 0 unspecified atom stereocenters. The molecule has 1 aromatic rings. The van der Waals surface area contributed by atoms with Crippen LogP contribution < -0.4 is 5.32 Å². The van der Waals surface area contributed by atoms with Gasteiger partial charge in [-0.2, -0.15) is 0 Å². The zero-order chi connectivity index (χ0) is 9.97. The van der Waals surface area contributed by atoms with Gasteiger partial charge in [0.05, 0.1) is 0 Å². The van der Waals surface area contributed by atoms with Gasteiger partial charge in [0.15, 0.2) is 0 Å². The summed E-state index contributed by atoms with van der Waals surface area (Å²) >= 11 is 3.41. The van der Waals surface area contributed by atoms with Crippen LogP contribution in [0.1, 0.15) is 24.1 Å². The summed E-state index contributed by atoms with van der Waals surface area (Å²) in [4.78, 5) is 4.28. The quantitative estimate of drug-likeness (QED) is 0.836. The highest BCUT2D eigenvalue weighted by Gasteiger charge is 2.20. The average Bonchev–Trinajstić information content (AvgIpc) is 2.86. The number of hydrogen-bond donors (Lipinski definition) is 1. The van der Waals surface area contributed by atoms with Crippen LogP contribution in [-0.4, -0.2) is 11.5 Å². The molecule has 2 rings (SSSR count). The SMILES string of the molecule is Cc1cc(CNCC2CC2)cc(Br)n1. The highest BCUT2D eigenvalue weighted by Crippen LogP contribution is 2.27. The molecule has 14 heavy (non-hydrogen) atoms. The molecule has 76 valence electrons. The second-order valence-electron chi connectivity index (χ2n) is 4.01. The van der Waals surface area contributed by atoms with E-state index in [9.17, 15) is 0 Å². The van der Waals surface area contributed by atoms with Crippen molar-refractivity contribution in [3.8, 4) is 0 Å². The van der Waals surface area contributed by atoms with Crippen LogP contribution in [0.2, 0.25) is 0 Å². The van der Waals surface area contributed by atoms with Crippen molar-refractivity contribution in [1.82, 2.24) is 10.3 Å². The van der Waals surface area contributed by atoms with Crippen LogP contribution in [0, 0.1) is 12.8 Å². The molecule has 1 aliphatic rings. The standard InChI is InChI=1S/C11H15BrN2/c1-8-4-10(5-11(12)14-8)7-13-6-9-2-3-9/h4-5,9,13H,2-3,6-7H2,1H3. The van der Waals surface area contributed by atoms with Crippen LogP contribution in [0.5, 0.6) is 0 Å². The van der Waals surface area contributed by atoms with Crippen LogP contribution in [0.15, 0.2) is 16.7 Å². The average molecular weight is 255 g/mol. The Morgan fingerprint density at radius 1 is 1.50 bits per heavy atom. The highest BCUT2D eigenvalue weighted by molar-refractivity contribution is 9.10. The van der Waals surface area contributed by atoms with Gasteiger partial charge in [0.2, 0.25) is 0 Å². The topological polar surface area (TPSA) is 24.9 Å². The molecule has 1 aliphatic carbocycles. The van der Waals surface area contributed by atoms with Gasteiger partial charge < -0.3 is 5.32 Å². The van der Waals surface area contributed by atoms with Crippen molar-refractivity contribution in [2.75, 3.05) is 6.54 Å². The van der Waals surface area contributed by atoms with Crippen LogP contribution in [0.25, 0.3) is 0 Å². The largest absolute Gasteiger partial charge is 0.312 e.